The third-order valence-electron chi connectivity index (χ3n) is 11.5. The van der Waals surface area contributed by atoms with E-state index in [4.69, 9.17) is 4.74 Å². The first kappa shape index (κ1) is 57.8. The van der Waals surface area contributed by atoms with Crippen LogP contribution in [0.1, 0.15) is 245 Å². The van der Waals surface area contributed by atoms with Gasteiger partial charge in [-0.1, -0.05) is 181 Å². The highest BCUT2D eigenvalue weighted by molar-refractivity contribution is 5.87. The summed E-state index contributed by atoms with van der Waals surface area (Å²) in [6, 6.07) is -1.28. The molecule has 11 nitrogen and oxygen atoms in total. The summed E-state index contributed by atoms with van der Waals surface area (Å²) < 4.78 is 5.41. The van der Waals surface area contributed by atoms with Gasteiger partial charge < -0.3 is 36.0 Å². The van der Waals surface area contributed by atoms with Crippen LogP contribution >= 0.6 is 0 Å². The predicted octanol–water partition coefficient (Wildman–Crippen LogP) is 10.0. The zero-order valence-electron chi connectivity index (χ0n) is 38.9. The Morgan fingerprint density at radius 3 is 1.47 bits per heavy atom. The molecule has 354 valence electrons. The first-order valence-corrected chi connectivity index (χ1v) is 25.2. The van der Waals surface area contributed by atoms with Crippen LogP contribution < -0.4 is 16.0 Å². The molecular weight excluding hydrogens is 759 g/mol. The Morgan fingerprint density at radius 2 is 0.967 bits per heavy atom. The number of carbonyl (C=O) groups is 4. The number of unbranched alkanes of at least 4 members (excludes halogenated alkanes) is 26. The lowest BCUT2D eigenvalue weighted by Gasteiger charge is -2.19. The van der Waals surface area contributed by atoms with E-state index in [9.17, 15) is 34.5 Å². The van der Waals surface area contributed by atoms with Gasteiger partial charge in [0.1, 0.15) is 6.04 Å². The van der Waals surface area contributed by atoms with Gasteiger partial charge in [0.25, 0.3) is 0 Å². The van der Waals surface area contributed by atoms with E-state index in [0.717, 1.165) is 70.6 Å². The summed E-state index contributed by atoms with van der Waals surface area (Å²) >= 11 is 0. The van der Waals surface area contributed by atoms with Crippen molar-refractivity contribution in [1.82, 2.24) is 16.0 Å². The smallest absolute Gasteiger partial charge is 0.305 e. The van der Waals surface area contributed by atoms with Gasteiger partial charge in [-0.15, -0.1) is 0 Å². The Morgan fingerprint density at radius 1 is 0.500 bits per heavy atom. The third-order valence-corrected chi connectivity index (χ3v) is 11.5. The summed E-state index contributed by atoms with van der Waals surface area (Å²) in [6.45, 7) is 4.86. The van der Waals surface area contributed by atoms with Crippen LogP contribution in [0.4, 0.5) is 0 Å². The third kappa shape index (κ3) is 39.9. The number of aliphatic hydroxyl groups is 3. The number of amides is 3. The van der Waals surface area contributed by atoms with Gasteiger partial charge in [0.2, 0.25) is 17.7 Å². The van der Waals surface area contributed by atoms with Crippen molar-refractivity contribution in [3.8, 4) is 0 Å². The van der Waals surface area contributed by atoms with Crippen LogP contribution in [0.3, 0.4) is 0 Å². The van der Waals surface area contributed by atoms with Gasteiger partial charge >= 0.3 is 5.97 Å². The molecule has 0 fully saturated rings. The van der Waals surface area contributed by atoms with E-state index in [1.54, 1.807) is 0 Å². The normalized spacial score (nSPS) is 12.8. The molecule has 0 rings (SSSR count). The van der Waals surface area contributed by atoms with Crippen molar-refractivity contribution in [2.75, 3.05) is 26.4 Å². The van der Waals surface area contributed by atoms with E-state index in [2.05, 4.69) is 29.8 Å². The monoisotopic (exact) mass is 854 g/mol. The maximum absolute atomic E-state index is 12.8. The summed E-state index contributed by atoms with van der Waals surface area (Å²) in [5.41, 5.74) is 0. The molecule has 0 aliphatic carbocycles. The molecule has 3 amide bonds. The molecule has 0 heterocycles. The summed E-state index contributed by atoms with van der Waals surface area (Å²) in [6.07, 6.45) is 35.9. The van der Waals surface area contributed by atoms with E-state index < -0.39 is 18.2 Å². The fourth-order valence-electron chi connectivity index (χ4n) is 7.67. The van der Waals surface area contributed by atoms with Crippen LogP contribution in [-0.4, -0.2) is 83.6 Å². The topological polar surface area (TPSA) is 174 Å². The van der Waals surface area contributed by atoms with E-state index in [1.807, 2.05) is 0 Å². The first-order chi connectivity index (χ1) is 29.3. The van der Waals surface area contributed by atoms with Gasteiger partial charge in [0.15, 0.2) is 0 Å². The summed E-state index contributed by atoms with van der Waals surface area (Å²) in [5.74, 6) is -0.882. The SMILES string of the molecule is CCCCCCCCCCCC(=O)OCCCCCCCCCCCCCC(=O)NC(CCO)C(=O)NCCC[C@H](CO)NC(=O)C[C@H](O)CCCCCCCCCCC. The quantitative estimate of drug-likeness (QED) is 0.0259. The van der Waals surface area contributed by atoms with E-state index in [-0.39, 0.29) is 49.7 Å². The number of ether oxygens (including phenoxy) is 1. The van der Waals surface area contributed by atoms with Crippen LogP contribution in [0, 0.1) is 0 Å². The van der Waals surface area contributed by atoms with Gasteiger partial charge in [-0.25, -0.2) is 0 Å². The van der Waals surface area contributed by atoms with Crippen LogP contribution in [0.15, 0.2) is 0 Å². The number of rotatable bonds is 46. The molecule has 0 bridgehead atoms. The Kier molecular flexibility index (Phi) is 43.1. The van der Waals surface area contributed by atoms with Crippen LogP contribution in [-0.2, 0) is 23.9 Å². The second-order valence-electron chi connectivity index (χ2n) is 17.4. The Balaban J connectivity index is 3.86. The van der Waals surface area contributed by atoms with Gasteiger partial charge in [-0.2, -0.15) is 0 Å². The summed E-state index contributed by atoms with van der Waals surface area (Å²) in [5, 5.41) is 37.9. The molecule has 0 radical (unpaired) electrons. The molecule has 6 N–H and O–H groups in total. The second-order valence-corrected chi connectivity index (χ2v) is 17.4. The molecule has 0 spiro atoms. The standard InChI is InChI=1S/C49H95N3O8/c1-3-5-7-9-11-16-20-24-28-34-44(55)41-47(57)51-43(42-54)33-32-38-50-49(59)45(37-39-53)52-46(56)35-29-25-21-18-14-13-15-19-23-27-31-40-60-48(58)36-30-26-22-17-12-10-8-6-4-2/h43-45,53-55H,3-42H2,1-2H3,(H,50,59)(H,51,57)(H,52,56)/t43-,44-,45?/m1/s1. The molecule has 0 aromatic heterocycles. The maximum atomic E-state index is 12.8. The number of hydrogen-bond acceptors (Lipinski definition) is 8. The number of aliphatic hydroxyl groups excluding tert-OH is 3. The molecule has 0 aromatic rings. The first-order valence-electron chi connectivity index (χ1n) is 25.2. The lowest BCUT2D eigenvalue weighted by molar-refractivity contribution is -0.144. The Hall–Kier alpha value is -2.24. The Bertz CT molecular complexity index is 1000. The van der Waals surface area contributed by atoms with E-state index >= 15 is 0 Å². The number of carbonyl (C=O) groups excluding carboxylic acids is 4. The second kappa shape index (κ2) is 44.8. The molecule has 3 atom stereocenters. The van der Waals surface area contributed by atoms with Crippen LogP contribution in [0.2, 0.25) is 0 Å². The number of esters is 1. The molecular formula is C49H95N3O8. The molecule has 1 unspecified atom stereocenters. The number of hydrogen-bond donors (Lipinski definition) is 6. The minimum Gasteiger partial charge on any atom is -0.466 e. The molecule has 0 aliphatic heterocycles. The van der Waals surface area contributed by atoms with Crippen molar-refractivity contribution in [2.24, 2.45) is 0 Å². The minimum atomic E-state index is -0.812. The maximum Gasteiger partial charge on any atom is 0.305 e. The van der Waals surface area contributed by atoms with Crippen LogP contribution in [0.5, 0.6) is 0 Å². The lowest BCUT2D eigenvalue weighted by Crippen LogP contribution is -2.47. The molecule has 0 aromatic carbocycles. The fraction of sp³-hybridized carbons (Fsp3) is 0.918. The van der Waals surface area contributed by atoms with Gasteiger partial charge in [-0.05, 0) is 44.9 Å². The highest BCUT2D eigenvalue weighted by Crippen LogP contribution is 2.15. The average Bonchev–Trinajstić information content (AvgIpc) is 3.23. The largest absolute Gasteiger partial charge is 0.466 e. The van der Waals surface area contributed by atoms with E-state index in [0.29, 0.717) is 45.3 Å². The summed E-state index contributed by atoms with van der Waals surface area (Å²) in [7, 11) is 0. The van der Waals surface area contributed by atoms with Crippen molar-refractivity contribution >= 4 is 23.7 Å². The molecule has 60 heavy (non-hydrogen) atoms. The van der Waals surface area contributed by atoms with Crippen molar-refractivity contribution in [1.29, 1.82) is 0 Å². The van der Waals surface area contributed by atoms with Crippen molar-refractivity contribution < 1.29 is 39.2 Å². The lowest BCUT2D eigenvalue weighted by atomic mass is 10.0. The van der Waals surface area contributed by atoms with Crippen LogP contribution in [0.25, 0.3) is 0 Å². The van der Waals surface area contributed by atoms with Gasteiger partial charge in [-0.3, -0.25) is 19.2 Å². The van der Waals surface area contributed by atoms with Crippen molar-refractivity contribution in [3.63, 3.8) is 0 Å². The molecule has 0 saturated heterocycles. The van der Waals surface area contributed by atoms with Crippen molar-refractivity contribution in [2.45, 2.75) is 263 Å². The molecule has 0 aliphatic rings. The van der Waals surface area contributed by atoms with Gasteiger partial charge in [0, 0.05) is 26.0 Å². The van der Waals surface area contributed by atoms with Gasteiger partial charge in [0.05, 0.1) is 31.8 Å². The zero-order chi connectivity index (χ0) is 44.2. The fourth-order valence-corrected chi connectivity index (χ4v) is 7.67. The molecule has 0 saturated carbocycles. The molecule has 11 heteroatoms. The van der Waals surface area contributed by atoms with Crippen molar-refractivity contribution in [3.05, 3.63) is 0 Å². The highest BCUT2D eigenvalue weighted by Gasteiger charge is 2.20. The number of nitrogens with one attached hydrogen (secondary N) is 3. The summed E-state index contributed by atoms with van der Waals surface area (Å²) in [4.78, 5) is 49.7. The highest BCUT2D eigenvalue weighted by atomic mass is 16.5. The zero-order valence-corrected chi connectivity index (χ0v) is 38.9. The minimum absolute atomic E-state index is 0.0101. The predicted molar refractivity (Wildman–Crippen MR) is 246 cm³/mol. The average molecular weight is 854 g/mol. The Labute approximate surface area is 367 Å². The van der Waals surface area contributed by atoms with E-state index in [1.165, 1.54) is 116 Å².